The Balaban J connectivity index is 1.73. The number of halogens is 2. The second-order valence-corrected chi connectivity index (χ2v) is 8.18. The smallest absolute Gasteiger partial charge is 0.199 e. The lowest BCUT2D eigenvalue weighted by atomic mass is 9.77. The van der Waals surface area contributed by atoms with Crippen molar-refractivity contribution in [1.82, 2.24) is 4.98 Å². The molecule has 0 bridgehead atoms. The third kappa shape index (κ3) is 2.82. The number of hydrogen-bond acceptors (Lipinski definition) is 2. The molecule has 0 saturated carbocycles. The minimum absolute atomic E-state index is 0.127. The maximum Gasteiger partial charge on any atom is 0.199 e. The lowest BCUT2D eigenvalue weighted by molar-refractivity contribution is 0.0941. The summed E-state index contributed by atoms with van der Waals surface area (Å²) >= 11 is 0. The Morgan fingerprint density at radius 1 is 0.697 bits per heavy atom. The molecule has 1 atom stereocenters. The molecule has 2 heterocycles. The molecule has 1 aromatic heterocycles. The van der Waals surface area contributed by atoms with Gasteiger partial charge in [-0.05, 0) is 65.7 Å². The molecular weight excluding hydrogens is 418 g/mol. The first kappa shape index (κ1) is 19.4. The number of hydrogen-bond donors (Lipinski definition) is 2. The zero-order valence-corrected chi connectivity index (χ0v) is 17.4. The van der Waals surface area contributed by atoms with Crippen molar-refractivity contribution in [3.63, 3.8) is 0 Å². The van der Waals surface area contributed by atoms with Crippen LogP contribution in [0.5, 0.6) is 0 Å². The highest BCUT2D eigenvalue weighted by Crippen LogP contribution is 2.49. The van der Waals surface area contributed by atoms with Crippen LogP contribution in [0.4, 0.5) is 14.5 Å². The van der Waals surface area contributed by atoms with E-state index in [0.717, 1.165) is 22.0 Å². The van der Waals surface area contributed by atoms with Crippen molar-refractivity contribution in [2.75, 3.05) is 5.32 Å². The molecule has 160 valence electrons. The number of carbonyl (C=O) groups is 1. The number of Topliss-reactive ketones (excluding diaryl/α,β-unsaturated/α-hetero) is 1. The first-order valence-corrected chi connectivity index (χ1v) is 10.6. The van der Waals surface area contributed by atoms with Gasteiger partial charge in [0.15, 0.2) is 11.3 Å². The summed E-state index contributed by atoms with van der Waals surface area (Å²) in [6.45, 7) is 0. The van der Waals surface area contributed by atoms with Gasteiger partial charge in [-0.15, -0.1) is 0 Å². The second-order valence-electron chi connectivity index (χ2n) is 8.18. The van der Waals surface area contributed by atoms with Crippen molar-refractivity contribution < 1.29 is 13.6 Å². The van der Waals surface area contributed by atoms with Gasteiger partial charge in [-0.1, -0.05) is 42.5 Å². The van der Waals surface area contributed by atoms with Gasteiger partial charge in [0.05, 0.1) is 5.69 Å². The van der Waals surface area contributed by atoms with Crippen molar-refractivity contribution in [2.45, 2.75) is 5.54 Å². The van der Waals surface area contributed by atoms with Gasteiger partial charge >= 0.3 is 0 Å². The molecule has 2 N–H and O–H groups in total. The summed E-state index contributed by atoms with van der Waals surface area (Å²) in [4.78, 5) is 17.6. The van der Waals surface area contributed by atoms with E-state index < -0.39 is 5.54 Å². The van der Waals surface area contributed by atoms with Crippen molar-refractivity contribution in [2.24, 2.45) is 0 Å². The van der Waals surface area contributed by atoms with Gasteiger partial charge in [0.2, 0.25) is 0 Å². The van der Waals surface area contributed by atoms with Crippen molar-refractivity contribution >= 4 is 22.4 Å². The van der Waals surface area contributed by atoms with Crippen molar-refractivity contribution in [3.05, 3.63) is 125 Å². The molecule has 0 amide bonds. The van der Waals surface area contributed by atoms with E-state index in [-0.39, 0.29) is 17.4 Å². The van der Waals surface area contributed by atoms with Crippen molar-refractivity contribution in [3.8, 4) is 11.3 Å². The average molecular weight is 436 g/mol. The van der Waals surface area contributed by atoms with E-state index in [0.29, 0.717) is 22.5 Å². The highest BCUT2D eigenvalue weighted by Gasteiger charge is 2.50. The molecule has 0 aliphatic carbocycles. The molecule has 0 fully saturated rings. The summed E-state index contributed by atoms with van der Waals surface area (Å²) in [5.74, 6) is -0.848. The molecule has 33 heavy (non-hydrogen) atoms. The molecule has 3 nitrogen and oxygen atoms in total. The molecule has 5 aromatic rings. The number of rotatable bonds is 3. The molecule has 0 spiro atoms. The van der Waals surface area contributed by atoms with Crippen LogP contribution in [-0.2, 0) is 5.54 Å². The van der Waals surface area contributed by atoms with Crippen LogP contribution in [0.2, 0.25) is 0 Å². The van der Waals surface area contributed by atoms with E-state index in [1.165, 1.54) is 24.3 Å². The average Bonchev–Trinajstić information content (AvgIpc) is 3.37. The number of carbonyl (C=O) groups excluding carboxylic acids is 1. The molecule has 0 saturated heterocycles. The van der Waals surface area contributed by atoms with Gasteiger partial charge in [-0.2, -0.15) is 0 Å². The van der Waals surface area contributed by atoms with Gasteiger partial charge in [0.25, 0.3) is 0 Å². The van der Waals surface area contributed by atoms with E-state index in [2.05, 4.69) is 10.3 Å². The van der Waals surface area contributed by atoms with Gasteiger partial charge < -0.3 is 10.3 Å². The maximum absolute atomic E-state index is 14.2. The molecule has 4 aromatic carbocycles. The topological polar surface area (TPSA) is 44.9 Å². The minimum Gasteiger partial charge on any atom is -0.365 e. The number of fused-ring (bicyclic) bond motifs is 2. The number of aromatic nitrogens is 1. The van der Waals surface area contributed by atoms with E-state index in [1.54, 1.807) is 30.3 Å². The van der Waals surface area contributed by atoms with Gasteiger partial charge in [0, 0.05) is 27.7 Å². The molecular formula is C28H18F2N2O. The first-order chi connectivity index (χ1) is 16.1. The Morgan fingerprint density at radius 2 is 1.33 bits per heavy atom. The Morgan fingerprint density at radius 3 is 2.06 bits per heavy atom. The number of ketones is 1. The molecule has 0 radical (unpaired) electrons. The van der Waals surface area contributed by atoms with Crippen LogP contribution in [-0.4, -0.2) is 10.8 Å². The highest BCUT2D eigenvalue weighted by molar-refractivity contribution is 6.18. The zero-order chi connectivity index (χ0) is 22.6. The number of aromatic amines is 1. The lowest BCUT2D eigenvalue weighted by Gasteiger charge is -2.31. The summed E-state index contributed by atoms with van der Waals surface area (Å²) in [5, 5.41) is 4.34. The second kappa shape index (κ2) is 7.14. The van der Waals surface area contributed by atoms with E-state index >= 15 is 0 Å². The van der Waals surface area contributed by atoms with Gasteiger partial charge in [-0.3, -0.25) is 4.79 Å². The van der Waals surface area contributed by atoms with E-state index in [9.17, 15) is 13.6 Å². The Hall–Kier alpha value is -4.25. The number of benzene rings is 4. The Bertz CT molecular complexity index is 1520. The Labute approximate surface area is 188 Å². The fourth-order valence-corrected chi connectivity index (χ4v) is 4.84. The minimum atomic E-state index is -1.29. The standard InChI is InChI=1S/C28H18F2N2O/c29-19-13-9-17(10-14-19)26-25(21-5-1-3-7-23(21)31-26)28(18-11-15-20(30)16-12-18)27(33)22-6-2-4-8-24(22)32-28/h1-16,31-32H. The summed E-state index contributed by atoms with van der Waals surface area (Å²) in [5.41, 5.74) is 3.62. The lowest BCUT2D eigenvalue weighted by Crippen LogP contribution is -2.40. The predicted octanol–water partition coefficient (Wildman–Crippen LogP) is 6.67. The van der Waals surface area contributed by atoms with Crippen LogP contribution in [0.1, 0.15) is 21.5 Å². The number of anilines is 1. The number of para-hydroxylation sites is 2. The third-order valence-electron chi connectivity index (χ3n) is 6.33. The van der Waals surface area contributed by atoms with Crippen LogP contribution in [0, 0.1) is 11.6 Å². The first-order valence-electron chi connectivity index (χ1n) is 10.6. The molecule has 1 aliphatic rings. The summed E-state index contributed by atoms with van der Waals surface area (Å²) in [7, 11) is 0. The fraction of sp³-hybridized carbons (Fsp3) is 0.0357. The third-order valence-corrected chi connectivity index (χ3v) is 6.33. The number of H-pyrrole nitrogens is 1. The zero-order valence-electron chi connectivity index (χ0n) is 17.4. The normalized spacial score (nSPS) is 17.2. The molecule has 6 rings (SSSR count). The van der Waals surface area contributed by atoms with Gasteiger partial charge in [-0.25, -0.2) is 8.78 Å². The summed E-state index contributed by atoms with van der Waals surface area (Å²) < 4.78 is 27.6. The van der Waals surface area contributed by atoms with Crippen LogP contribution < -0.4 is 5.32 Å². The largest absolute Gasteiger partial charge is 0.365 e. The fourth-order valence-electron chi connectivity index (χ4n) is 4.84. The van der Waals surface area contributed by atoms with Gasteiger partial charge in [0.1, 0.15) is 11.6 Å². The molecule has 5 heteroatoms. The summed E-state index contributed by atoms with van der Waals surface area (Å²) in [6.07, 6.45) is 0. The van der Waals surface area contributed by atoms with E-state index in [4.69, 9.17) is 0 Å². The predicted molar refractivity (Wildman–Crippen MR) is 125 cm³/mol. The quantitative estimate of drug-likeness (QED) is 0.332. The molecule has 1 aliphatic heterocycles. The number of nitrogens with one attached hydrogen (secondary N) is 2. The van der Waals surface area contributed by atoms with Crippen LogP contribution in [0.15, 0.2) is 97.1 Å². The van der Waals surface area contributed by atoms with E-state index in [1.807, 2.05) is 42.5 Å². The van der Waals surface area contributed by atoms with Crippen LogP contribution >= 0.6 is 0 Å². The Kier molecular flexibility index (Phi) is 4.20. The SMILES string of the molecule is O=C1c2ccccc2NC1(c1ccc(F)cc1)c1c(-c2ccc(F)cc2)[nH]c2ccccc12. The monoisotopic (exact) mass is 436 g/mol. The van der Waals surface area contributed by atoms with Crippen molar-refractivity contribution in [1.29, 1.82) is 0 Å². The maximum atomic E-state index is 14.2. The van der Waals surface area contributed by atoms with Crippen LogP contribution in [0.3, 0.4) is 0 Å². The molecule has 1 unspecified atom stereocenters. The van der Waals surface area contributed by atoms with Crippen LogP contribution in [0.25, 0.3) is 22.2 Å². The highest BCUT2D eigenvalue weighted by atomic mass is 19.1. The summed E-state index contributed by atoms with van der Waals surface area (Å²) in [6, 6.07) is 27.3.